The molecule has 3 aromatic carbocycles. The van der Waals surface area contributed by atoms with Gasteiger partial charge in [-0.3, -0.25) is 0 Å². The van der Waals surface area contributed by atoms with Crippen LogP contribution in [0.4, 0.5) is 0 Å². The molecule has 0 saturated heterocycles. The summed E-state index contributed by atoms with van der Waals surface area (Å²) in [6.45, 7) is 1.19. The summed E-state index contributed by atoms with van der Waals surface area (Å²) in [7, 11) is 0. The van der Waals surface area contributed by atoms with Crippen LogP contribution < -0.4 is 0 Å². The minimum absolute atomic E-state index is 0.596. The van der Waals surface area contributed by atoms with E-state index in [9.17, 15) is 0 Å². The molecule has 5 aromatic rings. The van der Waals surface area contributed by atoms with Crippen LogP contribution in [0.15, 0.2) is 60.7 Å². The van der Waals surface area contributed by atoms with E-state index in [1.807, 2.05) is 0 Å². The van der Waals surface area contributed by atoms with Crippen molar-refractivity contribution < 1.29 is 4.74 Å². The molecule has 0 spiro atoms. The minimum atomic E-state index is 0.596. The molecule has 0 radical (unpaired) electrons. The molecule has 3 heterocycles. The maximum atomic E-state index is 6.02. The molecule has 0 bridgehead atoms. The summed E-state index contributed by atoms with van der Waals surface area (Å²) in [6.07, 6.45) is 0. The van der Waals surface area contributed by atoms with E-state index in [1.165, 1.54) is 43.6 Å². The lowest BCUT2D eigenvalue weighted by Crippen LogP contribution is -2.02. The number of aromatic nitrogens is 2. The van der Waals surface area contributed by atoms with E-state index in [2.05, 4.69) is 69.8 Å². The Morgan fingerprint density at radius 3 is 1.57 bits per heavy atom. The van der Waals surface area contributed by atoms with Crippen LogP contribution in [0, 0.1) is 0 Å². The van der Waals surface area contributed by atoms with Gasteiger partial charge in [0.15, 0.2) is 0 Å². The average Bonchev–Trinajstić information content (AvgIpc) is 3.00. The second-order valence-electron chi connectivity index (χ2n) is 6.21. The molecule has 0 atom stereocenters. The zero-order chi connectivity index (χ0) is 15.0. The highest BCUT2D eigenvalue weighted by Gasteiger charge is 2.21. The summed E-state index contributed by atoms with van der Waals surface area (Å²) in [4.78, 5) is 0. The van der Waals surface area contributed by atoms with E-state index in [0.717, 1.165) is 0 Å². The molecule has 6 rings (SSSR count). The minimum Gasteiger partial charge on any atom is -0.340 e. The fourth-order valence-electron chi connectivity index (χ4n) is 4.17. The Morgan fingerprint density at radius 1 is 0.565 bits per heavy atom. The number of benzene rings is 3. The molecule has 2 aromatic heterocycles. The molecular formula is C20H14N2O. The van der Waals surface area contributed by atoms with Crippen molar-refractivity contribution in [3.8, 4) is 0 Å². The van der Waals surface area contributed by atoms with Crippen molar-refractivity contribution in [2.24, 2.45) is 0 Å². The Morgan fingerprint density at radius 2 is 1.04 bits per heavy atom. The number of rotatable bonds is 0. The highest BCUT2D eigenvalue weighted by Crippen LogP contribution is 2.39. The number of hydrogen-bond acceptors (Lipinski definition) is 1. The third-order valence-electron chi connectivity index (χ3n) is 5.10. The third kappa shape index (κ3) is 1.30. The number of para-hydroxylation sites is 2. The molecule has 1 aliphatic heterocycles. The van der Waals surface area contributed by atoms with Gasteiger partial charge in [-0.1, -0.05) is 48.5 Å². The maximum Gasteiger partial charge on any atom is 0.125 e. The quantitative estimate of drug-likeness (QED) is 0.400. The van der Waals surface area contributed by atoms with Gasteiger partial charge < -0.3 is 13.9 Å². The molecule has 3 heteroatoms. The Hall–Kier alpha value is -2.78. The van der Waals surface area contributed by atoms with Crippen molar-refractivity contribution in [3.05, 3.63) is 60.7 Å². The lowest BCUT2D eigenvalue weighted by atomic mass is 10.1. The van der Waals surface area contributed by atoms with Gasteiger partial charge in [0, 0.05) is 21.5 Å². The number of ether oxygens (including phenoxy) is 1. The van der Waals surface area contributed by atoms with E-state index in [-0.39, 0.29) is 0 Å². The van der Waals surface area contributed by atoms with Crippen molar-refractivity contribution in [2.75, 3.05) is 0 Å². The van der Waals surface area contributed by atoms with Gasteiger partial charge in [-0.2, -0.15) is 0 Å². The van der Waals surface area contributed by atoms with Crippen molar-refractivity contribution in [1.82, 2.24) is 9.13 Å². The van der Waals surface area contributed by atoms with E-state index in [4.69, 9.17) is 4.74 Å². The van der Waals surface area contributed by atoms with Crippen LogP contribution in [0.5, 0.6) is 0 Å². The molecule has 1 aliphatic rings. The van der Waals surface area contributed by atoms with Gasteiger partial charge in [0.05, 0.1) is 22.1 Å². The van der Waals surface area contributed by atoms with Crippen molar-refractivity contribution in [2.45, 2.75) is 13.5 Å². The van der Waals surface area contributed by atoms with Gasteiger partial charge in [-0.15, -0.1) is 0 Å². The monoisotopic (exact) mass is 298 g/mol. The van der Waals surface area contributed by atoms with Crippen LogP contribution in [0.25, 0.3) is 43.6 Å². The first-order valence-electron chi connectivity index (χ1n) is 7.92. The molecule has 110 valence electrons. The average molecular weight is 298 g/mol. The Balaban J connectivity index is 2.01. The second kappa shape index (κ2) is 3.94. The topological polar surface area (TPSA) is 19.1 Å². The summed E-state index contributed by atoms with van der Waals surface area (Å²) in [5.41, 5.74) is 5.07. The molecule has 0 fully saturated rings. The third-order valence-corrected chi connectivity index (χ3v) is 5.10. The Kier molecular flexibility index (Phi) is 2.01. The molecule has 3 nitrogen and oxygen atoms in total. The predicted molar refractivity (Wildman–Crippen MR) is 93.5 cm³/mol. The van der Waals surface area contributed by atoms with Crippen molar-refractivity contribution in [3.63, 3.8) is 0 Å². The van der Waals surface area contributed by atoms with Gasteiger partial charge in [0.1, 0.15) is 13.5 Å². The lowest BCUT2D eigenvalue weighted by Gasteiger charge is -2.06. The normalized spacial score (nSPS) is 14.4. The first-order chi connectivity index (χ1) is 11.4. The van der Waals surface area contributed by atoms with E-state index < -0.39 is 0 Å². The van der Waals surface area contributed by atoms with Gasteiger partial charge in [-0.05, 0) is 12.1 Å². The van der Waals surface area contributed by atoms with Crippen molar-refractivity contribution in [1.29, 1.82) is 0 Å². The molecule has 0 saturated carbocycles. The van der Waals surface area contributed by atoms with Gasteiger partial charge in [-0.25, -0.2) is 0 Å². The summed E-state index contributed by atoms with van der Waals surface area (Å²) in [5, 5.41) is 5.21. The molecule has 0 unspecified atom stereocenters. The summed E-state index contributed by atoms with van der Waals surface area (Å²) < 4.78 is 10.6. The highest BCUT2D eigenvalue weighted by molar-refractivity contribution is 6.22. The summed E-state index contributed by atoms with van der Waals surface area (Å²) in [6, 6.07) is 21.7. The van der Waals surface area contributed by atoms with Gasteiger partial charge >= 0.3 is 0 Å². The highest BCUT2D eigenvalue weighted by atomic mass is 16.5. The summed E-state index contributed by atoms with van der Waals surface area (Å²) in [5.74, 6) is 0. The maximum absolute atomic E-state index is 6.02. The fourth-order valence-corrected chi connectivity index (χ4v) is 4.17. The van der Waals surface area contributed by atoms with Crippen LogP contribution in [0.3, 0.4) is 0 Å². The number of hydrogen-bond donors (Lipinski definition) is 0. The molecule has 0 amide bonds. The predicted octanol–water partition coefficient (Wildman–Crippen LogP) is 4.85. The zero-order valence-electron chi connectivity index (χ0n) is 12.5. The standard InChI is InChI=1S/C20H14N2O/c1-3-7-17-13(5-1)15-9-10-16-14-6-2-4-8-18(14)22-12-23-11-21(17)19(15)20(16)22/h1-10H,11-12H2. The Bertz CT molecular complexity index is 1150. The molecule has 0 aliphatic carbocycles. The van der Waals surface area contributed by atoms with Crippen LogP contribution in [0.2, 0.25) is 0 Å². The van der Waals surface area contributed by atoms with Crippen LogP contribution in [-0.4, -0.2) is 9.13 Å². The molecule has 23 heavy (non-hydrogen) atoms. The first-order valence-corrected chi connectivity index (χ1v) is 7.92. The van der Waals surface area contributed by atoms with E-state index in [0.29, 0.717) is 13.5 Å². The van der Waals surface area contributed by atoms with Crippen LogP contribution >= 0.6 is 0 Å². The SMILES string of the molecule is c1ccc2c(c1)c1ccc3c4ccccc4n4c3c1n2COC4. The smallest absolute Gasteiger partial charge is 0.125 e. The summed E-state index contributed by atoms with van der Waals surface area (Å²) >= 11 is 0. The van der Waals surface area contributed by atoms with Crippen LogP contribution in [-0.2, 0) is 18.2 Å². The molecule has 0 N–H and O–H groups in total. The zero-order valence-corrected chi connectivity index (χ0v) is 12.5. The lowest BCUT2D eigenvalue weighted by molar-refractivity contribution is 0.0396. The van der Waals surface area contributed by atoms with Gasteiger partial charge in [0.2, 0.25) is 0 Å². The fraction of sp³-hybridized carbons (Fsp3) is 0.100. The molecular weight excluding hydrogens is 284 g/mol. The first kappa shape index (κ1) is 11.7. The van der Waals surface area contributed by atoms with Crippen LogP contribution in [0.1, 0.15) is 0 Å². The van der Waals surface area contributed by atoms with Crippen molar-refractivity contribution >= 4 is 43.6 Å². The second-order valence-corrected chi connectivity index (χ2v) is 6.21. The largest absolute Gasteiger partial charge is 0.340 e. The van der Waals surface area contributed by atoms with Gasteiger partial charge in [0.25, 0.3) is 0 Å². The van der Waals surface area contributed by atoms with E-state index in [1.54, 1.807) is 0 Å². The Labute approximate surface area is 132 Å². The number of fused-ring (bicyclic) bond motifs is 6. The number of nitrogens with zero attached hydrogens (tertiary/aromatic N) is 2. The van der Waals surface area contributed by atoms with E-state index >= 15 is 0 Å².